The highest BCUT2D eigenvalue weighted by molar-refractivity contribution is 5.71. The van der Waals surface area contributed by atoms with Crippen molar-refractivity contribution in [1.29, 1.82) is 0 Å². The summed E-state index contributed by atoms with van der Waals surface area (Å²) in [5, 5.41) is 14.1. The second kappa shape index (κ2) is 10.6. The molecule has 34 heavy (non-hydrogen) atoms. The van der Waals surface area contributed by atoms with E-state index in [1.54, 1.807) is 7.11 Å². The zero-order valence-corrected chi connectivity index (χ0v) is 19.8. The maximum absolute atomic E-state index is 6.96. The van der Waals surface area contributed by atoms with Crippen molar-refractivity contribution >= 4 is 17.5 Å². The maximum Gasteiger partial charge on any atom is 0.288 e. The maximum atomic E-state index is 6.96. The van der Waals surface area contributed by atoms with Crippen molar-refractivity contribution < 1.29 is 9.47 Å². The van der Waals surface area contributed by atoms with Crippen molar-refractivity contribution in [3.05, 3.63) is 53.6 Å². The third-order valence-corrected chi connectivity index (χ3v) is 5.64. The molecule has 3 N–H and O–H groups in total. The molecular weight excluding hydrogens is 432 g/mol. The van der Waals surface area contributed by atoms with E-state index in [4.69, 9.17) is 16.0 Å². The van der Waals surface area contributed by atoms with Gasteiger partial charge in [-0.05, 0) is 31.5 Å². The van der Waals surface area contributed by atoms with Crippen LogP contribution in [0.2, 0.25) is 0 Å². The molecule has 10 heteroatoms. The molecule has 1 aliphatic rings. The lowest BCUT2D eigenvalue weighted by atomic mass is 10.0. The van der Waals surface area contributed by atoms with Crippen LogP contribution < -0.4 is 15.4 Å². The van der Waals surface area contributed by atoms with Gasteiger partial charge in [-0.25, -0.2) is 4.98 Å². The second-order valence-electron chi connectivity index (χ2n) is 8.82. The van der Waals surface area contributed by atoms with Gasteiger partial charge in [-0.2, -0.15) is 5.10 Å². The van der Waals surface area contributed by atoms with E-state index >= 15 is 0 Å². The summed E-state index contributed by atoms with van der Waals surface area (Å²) in [6, 6.07) is 8.06. The Hall–Kier alpha value is -3.52. The Morgan fingerprint density at radius 1 is 1.18 bits per heavy atom. The SMILES string of the molecule is [C-]#[N+]c1cnc(Nc2cc(-c3ccc(CNC(C)(C)CN4CCOCC4)cc3OC)[nH]n2)cn1. The smallest absolute Gasteiger partial charge is 0.288 e. The van der Waals surface area contributed by atoms with Gasteiger partial charge in [0.25, 0.3) is 5.82 Å². The molecule has 1 fully saturated rings. The molecule has 2 aromatic heterocycles. The highest BCUT2D eigenvalue weighted by atomic mass is 16.5. The zero-order valence-electron chi connectivity index (χ0n) is 19.8. The molecule has 1 aliphatic heterocycles. The van der Waals surface area contributed by atoms with Gasteiger partial charge in [0.15, 0.2) is 17.8 Å². The van der Waals surface area contributed by atoms with Gasteiger partial charge in [-0.3, -0.25) is 10.00 Å². The number of nitrogens with zero attached hydrogens (tertiary/aromatic N) is 5. The molecule has 0 radical (unpaired) electrons. The van der Waals surface area contributed by atoms with Crippen LogP contribution in [0.3, 0.4) is 0 Å². The third kappa shape index (κ3) is 6.08. The van der Waals surface area contributed by atoms with Gasteiger partial charge < -0.3 is 25.0 Å². The molecule has 0 unspecified atom stereocenters. The van der Waals surface area contributed by atoms with Crippen LogP contribution in [0.25, 0.3) is 16.1 Å². The van der Waals surface area contributed by atoms with Crippen molar-refractivity contribution in [3.63, 3.8) is 0 Å². The normalized spacial score (nSPS) is 14.5. The first kappa shape index (κ1) is 23.6. The van der Waals surface area contributed by atoms with Gasteiger partial charge in [0.05, 0.1) is 32.2 Å². The van der Waals surface area contributed by atoms with Crippen LogP contribution in [0.1, 0.15) is 19.4 Å². The highest BCUT2D eigenvalue weighted by Gasteiger charge is 2.23. The molecule has 0 atom stereocenters. The molecule has 0 saturated carbocycles. The van der Waals surface area contributed by atoms with Crippen molar-refractivity contribution in [1.82, 2.24) is 30.4 Å². The Morgan fingerprint density at radius 3 is 2.71 bits per heavy atom. The summed E-state index contributed by atoms with van der Waals surface area (Å²) >= 11 is 0. The molecule has 3 aromatic rings. The van der Waals surface area contributed by atoms with Crippen molar-refractivity contribution in [3.8, 4) is 17.0 Å². The quantitative estimate of drug-likeness (QED) is 0.416. The van der Waals surface area contributed by atoms with Gasteiger partial charge in [0.1, 0.15) is 5.75 Å². The molecule has 0 amide bonds. The number of morpholine rings is 1. The predicted octanol–water partition coefficient (Wildman–Crippen LogP) is 3.37. The van der Waals surface area contributed by atoms with E-state index in [1.165, 1.54) is 12.4 Å². The summed E-state index contributed by atoms with van der Waals surface area (Å²) in [7, 11) is 1.67. The number of nitrogens with one attached hydrogen (secondary N) is 3. The third-order valence-electron chi connectivity index (χ3n) is 5.64. The van der Waals surface area contributed by atoms with E-state index < -0.39 is 0 Å². The fourth-order valence-electron chi connectivity index (χ4n) is 3.88. The molecule has 0 aliphatic carbocycles. The van der Waals surface area contributed by atoms with Crippen LogP contribution in [0.5, 0.6) is 5.75 Å². The lowest BCUT2D eigenvalue weighted by molar-refractivity contribution is 0.0269. The fourth-order valence-corrected chi connectivity index (χ4v) is 3.88. The number of methoxy groups -OCH3 is 1. The minimum atomic E-state index is -0.0248. The monoisotopic (exact) mass is 462 g/mol. The number of ether oxygens (including phenoxy) is 2. The first-order valence-electron chi connectivity index (χ1n) is 11.2. The average Bonchev–Trinajstić information content (AvgIpc) is 3.31. The summed E-state index contributed by atoms with van der Waals surface area (Å²) in [4.78, 5) is 13.9. The highest BCUT2D eigenvalue weighted by Crippen LogP contribution is 2.31. The number of H-pyrrole nitrogens is 1. The summed E-state index contributed by atoms with van der Waals surface area (Å²) in [6.07, 6.45) is 2.92. The van der Waals surface area contributed by atoms with Gasteiger partial charge in [0.2, 0.25) is 0 Å². The Bertz CT molecular complexity index is 1130. The molecule has 0 bridgehead atoms. The van der Waals surface area contributed by atoms with Gasteiger partial charge >= 0.3 is 0 Å². The van der Waals surface area contributed by atoms with Gasteiger partial charge in [0, 0.05) is 43.3 Å². The van der Waals surface area contributed by atoms with E-state index in [2.05, 4.69) is 66.5 Å². The van der Waals surface area contributed by atoms with Crippen molar-refractivity contribution in [2.45, 2.75) is 25.9 Å². The van der Waals surface area contributed by atoms with Crippen molar-refractivity contribution in [2.75, 3.05) is 45.3 Å². The molecule has 3 heterocycles. The van der Waals surface area contributed by atoms with E-state index in [-0.39, 0.29) is 11.4 Å². The Labute approximate surface area is 199 Å². The van der Waals surface area contributed by atoms with Gasteiger partial charge in [-0.1, -0.05) is 12.6 Å². The Morgan fingerprint density at radius 2 is 2.00 bits per heavy atom. The number of hydrogen-bond acceptors (Lipinski definition) is 8. The fraction of sp³-hybridized carbons (Fsp3) is 0.417. The number of anilines is 2. The molecule has 10 nitrogen and oxygen atoms in total. The summed E-state index contributed by atoms with van der Waals surface area (Å²) in [6.45, 7) is 16.7. The lowest BCUT2D eigenvalue weighted by Crippen LogP contribution is -2.51. The van der Waals surface area contributed by atoms with E-state index in [0.717, 1.165) is 62.0 Å². The number of hydrogen-bond donors (Lipinski definition) is 3. The number of rotatable bonds is 9. The van der Waals surface area contributed by atoms with E-state index in [0.29, 0.717) is 11.6 Å². The first-order valence-corrected chi connectivity index (χ1v) is 11.2. The number of aromatic nitrogens is 4. The second-order valence-corrected chi connectivity index (χ2v) is 8.82. The van der Waals surface area contributed by atoms with Crippen LogP contribution in [0, 0.1) is 6.57 Å². The lowest BCUT2D eigenvalue weighted by Gasteiger charge is -2.35. The van der Waals surface area contributed by atoms with Crippen LogP contribution >= 0.6 is 0 Å². The number of aromatic amines is 1. The molecule has 178 valence electrons. The minimum Gasteiger partial charge on any atom is -0.496 e. The largest absolute Gasteiger partial charge is 0.496 e. The molecule has 1 aromatic carbocycles. The molecule has 4 rings (SSSR count). The molecular formula is C24H30N8O2. The first-order chi connectivity index (χ1) is 16.5. The average molecular weight is 463 g/mol. The van der Waals surface area contributed by atoms with Crippen LogP contribution in [0.4, 0.5) is 17.5 Å². The summed E-state index contributed by atoms with van der Waals surface area (Å²) in [5.74, 6) is 2.12. The Kier molecular flexibility index (Phi) is 7.37. The van der Waals surface area contributed by atoms with Crippen LogP contribution in [-0.2, 0) is 11.3 Å². The zero-order chi connectivity index (χ0) is 24.0. The van der Waals surface area contributed by atoms with E-state index in [1.807, 2.05) is 12.1 Å². The molecule has 0 spiro atoms. The standard InChI is InChI=1S/C24H30N8O2/c1-24(2,16-32-7-9-34-10-8-32)28-13-17-5-6-18(20(11-17)33-4)19-12-21(31-30-19)29-23-15-26-22(25-3)14-27-23/h5-6,11-12,14-15,28H,7-10,13,16H2,1-2,4H3,(H2,27,29,30,31). The topological polar surface area (TPSA) is 105 Å². The number of benzene rings is 1. The molecule has 1 saturated heterocycles. The summed E-state index contributed by atoms with van der Waals surface area (Å²) in [5.41, 5.74) is 2.85. The summed E-state index contributed by atoms with van der Waals surface area (Å²) < 4.78 is 11.1. The Balaban J connectivity index is 1.40. The van der Waals surface area contributed by atoms with Crippen molar-refractivity contribution in [2.24, 2.45) is 0 Å². The van der Waals surface area contributed by atoms with Crippen LogP contribution in [0.15, 0.2) is 36.7 Å². The predicted molar refractivity (Wildman–Crippen MR) is 130 cm³/mol. The minimum absolute atomic E-state index is 0.0248. The van der Waals surface area contributed by atoms with Crippen LogP contribution in [-0.4, -0.2) is 70.6 Å². The van der Waals surface area contributed by atoms with Gasteiger partial charge in [-0.15, -0.1) is 4.98 Å². The van der Waals surface area contributed by atoms with E-state index in [9.17, 15) is 0 Å².